The molecule has 43 heavy (non-hydrogen) atoms. The fourth-order valence-electron chi connectivity index (χ4n) is 7.06. The van der Waals surface area contributed by atoms with Crippen molar-refractivity contribution in [3.05, 3.63) is 136 Å². The Labute approximate surface area is 253 Å². The molecule has 4 aromatic carbocycles. The Bertz CT molecular complexity index is 1900. The summed E-state index contributed by atoms with van der Waals surface area (Å²) >= 11 is 6.61. The smallest absolute Gasteiger partial charge is 0.238 e. The largest absolute Gasteiger partial charge is 0.478 e. The lowest BCUT2D eigenvalue weighted by Crippen LogP contribution is -2.49. The van der Waals surface area contributed by atoms with Gasteiger partial charge in [-0.3, -0.25) is 14.4 Å². The number of hydrogen-bond acceptors (Lipinski definition) is 6. The number of hydrogen-bond donors (Lipinski definition) is 1. The van der Waals surface area contributed by atoms with Crippen LogP contribution in [-0.4, -0.2) is 35.0 Å². The van der Waals surface area contributed by atoms with Gasteiger partial charge >= 0.3 is 0 Å². The van der Waals surface area contributed by atoms with Crippen LogP contribution in [0.2, 0.25) is 5.02 Å². The molecule has 7 rings (SSSR count). The molecule has 4 atom stereocenters. The molecular formula is C35H24ClN3O4. The summed E-state index contributed by atoms with van der Waals surface area (Å²) in [6.45, 7) is -0.254. The van der Waals surface area contributed by atoms with Gasteiger partial charge in [0.1, 0.15) is 23.3 Å². The third-order valence-corrected chi connectivity index (χ3v) is 9.04. The van der Waals surface area contributed by atoms with E-state index < -0.39 is 35.0 Å². The monoisotopic (exact) mass is 585 g/mol. The van der Waals surface area contributed by atoms with E-state index in [1.807, 2.05) is 71.8 Å². The number of amides is 1. The second kappa shape index (κ2) is 10.3. The highest BCUT2D eigenvalue weighted by molar-refractivity contribution is 6.34. The maximum absolute atomic E-state index is 14.9. The van der Waals surface area contributed by atoms with Crippen LogP contribution in [0.15, 0.2) is 103 Å². The predicted molar refractivity (Wildman–Crippen MR) is 162 cm³/mol. The Hall–Kier alpha value is -5.19. The first kappa shape index (κ1) is 26.7. The first-order valence-electron chi connectivity index (χ1n) is 13.9. The van der Waals surface area contributed by atoms with Gasteiger partial charge in [0.05, 0.1) is 22.5 Å². The van der Waals surface area contributed by atoms with Crippen LogP contribution in [0.4, 0.5) is 5.69 Å². The molecule has 8 heteroatoms. The molecular weight excluding hydrogens is 562 g/mol. The van der Waals surface area contributed by atoms with E-state index in [0.29, 0.717) is 11.3 Å². The van der Waals surface area contributed by atoms with Crippen LogP contribution >= 0.6 is 11.6 Å². The molecule has 3 aliphatic rings. The number of nitriles is 1. The molecule has 0 saturated carbocycles. The van der Waals surface area contributed by atoms with Crippen LogP contribution in [0.1, 0.15) is 43.4 Å². The lowest BCUT2D eigenvalue weighted by Gasteiger charge is -2.38. The highest BCUT2D eigenvalue weighted by Gasteiger charge is 2.71. The maximum atomic E-state index is 14.9. The molecule has 1 spiro atoms. The molecule has 0 radical (unpaired) electrons. The summed E-state index contributed by atoms with van der Waals surface area (Å²) in [5.74, 6) is -2.11. The zero-order valence-corrected chi connectivity index (χ0v) is 23.5. The second-order valence-electron chi connectivity index (χ2n) is 10.7. The van der Waals surface area contributed by atoms with Crippen molar-refractivity contribution in [1.29, 1.82) is 5.26 Å². The van der Waals surface area contributed by atoms with Crippen molar-refractivity contribution in [2.75, 3.05) is 11.9 Å². The number of benzene rings is 4. The minimum Gasteiger partial charge on any atom is -0.478 e. The van der Waals surface area contributed by atoms with Crippen molar-refractivity contribution in [3.8, 4) is 11.8 Å². The average Bonchev–Trinajstić information content (AvgIpc) is 3.52. The van der Waals surface area contributed by atoms with Gasteiger partial charge in [0, 0.05) is 17.5 Å². The first-order chi connectivity index (χ1) is 21.0. The fourth-order valence-corrected chi connectivity index (χ4v) is 7.29. The molecule has 1 fully saturated rings. The summed E-state index contributed by atoms with van der Waals surface area (Å²) < 4.78 is 5.65. The fraction of sp³-hybridized carbons (Fsp3) is 0.143. The van der Waals surface area contributed by atoms with E-state index in [4.69, 9.17) is 21.6 Å². The van der Waals surface area contributed by atoms with Crippen LogP contribution < -0.4 is 10.1 Å². The van der Waals surface area contributed by atoms with Crippen LogP contribution in [-0.2, 0) is 10.2 Å². The summed E-state index contributed by atoms with van der Waals surface area (Å²) in [4.78, 5) is 46.1. The number of rotatable bonds is 6. The molecule has 1 saturated heterocycles. The molecule has 210 valence electrons. The number of nitrogens with zero attached hydrogens (tertiary/aromatic N) is 2. The van der Waals surface area contributed by atoms with Gasteiger partial charge in [-0.1, -0.05) is 78.3 Å². The third kappa shape index (κ3) is 3.84. The van der Waals surface area contributed by atoms with Gasteiger partial charge < -0.3 is 15.0 Å². The molecule has 0 aliphatic carbocycles. The van der Waals surface area contributed by atoms with Crippen LogP contribution in [0.5, 0.6) is 5.75 Å². The number of anilines is 1. The van der Waals surface area contributed by atoms with Gasteiger partial charge in [0.25, 0.3) is 0 Å². The number of nitrogens with one attached hydrogen (secondary N) is 1. The van der Waals surface area contributed by atoms with Crippen molar-refractivity contribution in [2.45, 2.75) is 17.5 Å². The van der Waals surface area contributed by atoms with Gasteiger partial charge in [-0.25, -0.2) is 0 Å². The normalized spacial score (nSPS) is 22.7. The third-order valence-electron chi connectivity index (χ3n) is 8.71. The van der Waals surface area contributed by atoms with Gasteiger partial charge in [-0.15, -0.1) is 0 Å². The number of halogens is 1. The van der Waals surface area contributed by atoms with E-state index in [1.165, 1.54) is 0 Å². The van der Waals surface area contributed by atoms with Crippen molar-refractivity contribution in [3.63, 3.8) is 0 Å². The Morgan fingerprint density at radius 2 is 1.60 bits per heavy atom. The predicted octanol–water partition coefficient (Wildman–Crippen LogP) is 6.22. The van der Waals surface area contributed by atoms with Crippen molar-refractivity contribution in [2.24, 2.45) is 5.92 Å². The SMILES string of the molecule is N#CCOc1ccccc1C(=O)[C@@H]1[C@H](C(=O)c2ccccc2Cl)[C@]2(C(=O)Nc3ccccc32)[C@@H]2c3ccccc3C=CN12. The Morgan fingerprint density at radius 3 is 2.42 bits per heavy atom. The summed E-state index contributed by atoms with van der Waals surface area (Å²) in [7, 11) is 0. The van der Waals surface area contributed by atoms with Crippen LogP contribution in [0, 0.1) is 17.2 Å². The average molecular weight is 586 g/mol. The van der Waals surface area contributed by atoms with Crippen LogP contribution in [0.3, 0.4) is 0 Å². The second-order valence-corrected chi connectivity index (χ2v) is 11.1. The lowest BCUT2D eigenvalue weighted by atomic mass is 9.62. The van der Waals surface area contributed by atoms with E-state index >= 15 is 0 Å². The number of para-hydroxylation sites is 2. The Balaban J connectivity index is 1.53. The van der Waals surface area contributed by atoms with Gasteiger partial charge in [-0.2, -0.15) is 5.26 Å². The summed E-state index contributed by atoms with van der Waals surface area (Å²) in [5, 5.41) is 12.4. The standard InChI is InChI=1S/C35H24ClN3O4/c36-26-14-6-3-11-23(26)31(40)29-30(32(41)24-12-4-8-16-28(24)43-20-18-37)39-19-17-21-9-1-2-10-22(21)33(39)35(29)25-13-5-7-15-27(25)38-34(35)42/h1-17,19,29-30,33H,20H2,(H,38,42)/t29-,30+,33+,35+/m1/s1. The molecule has 3 heterocycles. The van der Waals surface area contributed by atoms with Crippen LogP contribution in [0.25, 0.3) is 6.08 Å². The summed E-state index contributed by atoms with van der Waals surface area (Å²) in [5.41, 5.74) is 1.95. The highest BCUT2D eigenvalue weighted by atomic mass is 35.5. The van der Waals surface area contributed by atoms with Crippen molar-refractivity contribution >= 4 is 40.8 Å². The highest BCUT2D eigenvalue weighted by Crippen LogP contribution is 2.62. The van der Waals surface area contributed by atoms with E-state index in [0.717, 1.165) is 11.1 Å². The number of carbonyl (C=O) groups is 3. The molecule has 4 aromatic rings. The molecule has 3 aliphatic heterocycles. The van der Waals surface area contributed by atoms with Gasteiger partial charge in [0.15, 0.2) is 18.2 Å². The number of Topliss-reactive ketones (excluding diaryl/α,β-unsaturated/α-hetero) is 2. The van der Waals surface area contributed by atoms with E-state index in [9.17, 15) is 14.4 Å². The minimum absolute atomic E-state index is 0.217. The number of ether oxygens (including phenoxy) is 1. The van der Waals surface area contributed by atoms with E-state index in [-0.39, 0.29) is 34.4 Å². The first-order valence-corrected chi connectivity index (χ1v) is 14.2. The molecule has 0 aromatic heterocycles. The number of ketones is 2. The topological polar surface area (TPSA) is 99.5 Å². The van der Waals surface area contributed by atoms with Crippen molar-refractivity contribution in [1.82, 2.24) is 4.90 Å². The molecule has 0 bridgehead atoms. The maximum Gasteiger partial charge on any atom is 0.238 e. The molecule has 1 N–H and O–H groups in total. The quantitative estimate of drug-likeness (QED) is 0.270. The zero-order chi connectivity index (χ0) is 29.7. The molecule has 1 amide bonds. The zero-order valence-electron chi connectivity index (χ0n) is 22.7. The van der Waals surface area contributed by atoms with Gasteiger partial charge in [-0.05, 0) is 53.1 Å². The van der Waals surface area contributed by atoms with E-state index in [1.54, 1.807) is 48.5 Å². The number of carbonyl (C=O) groups excluding carboxylic acids is 3. The van der Waals surface area contributed by atoms with Gasteiger partial charge in [0.2, 0.25) is 5.91 Å². The Morgan fingerprint density at radius 1 is 0.907 bits per heavy atom. The summed E-state index contributed by atoms with van der Waals surface area (Å²) in [6, 6.07) is 28.6. The minimum atomic E-state index is -1.48. The Kier molecular flexibility index (Phi) is 6.37. The molecule has 0 unspecified atom stereocenters. The van der Waals surface area contributed by atoms with E-state index in [2.05, 4.69) is 5.32 Å². The number of fused-ring (bicyclic) bond motifs is 6. The lowest BCUT2D eigenvalue weighted by molar-refractivity contribution is -0.122. The van der Waals surface area contributed by atoms with Crippen molar-refractivity contribution < 1.29 is 19.1 Å². The summed E-state index contributed by atoms with van der Waals surface area (Å²) in [6.07, 6.45) is 3.71. The molecule has 7 nitrogen and oxygen atoms in total.